The Morgan fingerprint density at radius 3 is 1.08 bits per heavy atom. The molecule has 0 aromatic carbocycles. The van der Waals surface area contributed by atoms with E-state index in [1.165, 1.54) is 114 Å². The summed E-state index contributed by atoms with van der Waals surface area (Å²) in [6, 6.07) is 0. The molecule has 0 spiro atoms. The van der Waals surface area contributed by atoms with Crippen LogP contribution in [-0.2, 0) is 4.79 Å². The van der Waals surface area contributed by atoms with Gasteiger partial charge in [-0.1, -0.05) is 132 Å². The normalized spacial score (nSPS) is 11.0. The molecule has 0 saturated carbocycles. The lowest BCUT2D eigenvalue weighted by Crippen LogP contribution is -2.17. The highest BCUT2D eigenvalue weighted by molar-refractivity contribution is 14.1. The Kier molecular flexibility index (Phi) is 23.3. The molecule has 0 aliphatic carbocycles. The van der Waals surface area contributed by atoms with Crippen molar-refractivity contribution >= 4 is 28.5 Å². The van der Waals surface area contributed by atoms with Crippen LogP contribution in [0.1, 0.15) is 128 Å². The van der Waals surface area contributed by atoms with E-state index in [-0.39, 0.29) is 5.91 Å². The van der Waals surface area contributed by atoms with E-state index in [0.717, 1.165) is 12.8 Å². The molecule has 0 unspecified atom stereocenters. The van der Waals surface area contributed by atoms with E-state index in [1.807, 2.05) is 0 Å². The van der Waals surface area contributed by atoms with Gasteiger partial charge >= 0.3 is 0 Å². The number of carbonyl (C=O) groups excluding carboxylic acids is 1. The molecule has 4 heteroatoms. The lowest BCUT2D eigenvalue weighted by molar-refractivity contribution is -0.129. The Bertz CT molecular complexity index is 287. The molecule has 0 aliphatic heterocycles. The van der Waals surface area contributed by atoms with Gasteiger partial charge in [-0.15, -0.1) is 0 Å². The predicted octanol–water partition coefficient (Wildman–Crippen LogP) is 7.73. The first-order chi connectivity index (χ1) is 12.8. The number of hydroxylamine groups is 1. The van der Waals surface area contributed by atoms with Crippen molar-refractivity contribution in [3.8, 4) is 0 Å². The summed E-state index contributed by atoms with van der Waals surface area (Å²) in [5, 5.41) is 8.39. The van der Waals surface area contributed by atoms with Crippen LogP contribution in [-0.4, -0.2) is 15.5 Å². The topological polar surface area (TPSA) is 49.3 Å². The van der Waals surface area contributed by atoms with Gasteiger partial charge in [0.2, 0.25) is 5.91 Å². The molecule has 0 aromatic rings. The highest BCUT2D eigenvalue weighted by Gasteiger charge is 1.98. The lowest BCUT2D eigenvalue weighted by Gasteiger charge is -2.04. The Labute approximate surface area is 176 Å². The first-order valence-electron chi connectivity index (χ1n) is 11.3. The fraction of sp³-hybridized carbons (Fsp3) is 0.955. The second-order valence-corrected chi connectivity index (χ2v) is 8.77. The zero-order chi connectivity index (χ0) is 19.1. The number of carbonyl (C=O) groups is 1. The van der Waals surface area contributed by atoms with Crippen LogP contribution in [0.15, 0.2) is 0 Å². The smallest absolute Gasteiger partial charge is 0.243 e. The van der Waals surface area contributed by atoms with E-state index in [4.69, 9.17) is 5.21 Å². The highest BCUT2D eigenvalue weighted by Crippen LogP contribution is 2.14. The van der Waals surface area contributed by atoms with Crippen LogP contribution >= 0.6 is 22.6 Å². The van der Waals surface area contributed by atoms with Gasteiger partial charge in [0.05, 0.1) is 0 Å². The predicted molar refractivity (Wildman–Crippen MR) is 121 cm³/mol. The second kappa shape index (κ2) is 23.2. The fourth-order valence-corrected chi connectivity index (χ4v) is 3.98. The molecule has 0 bridgehead atoms. The van der Waals surface area contributed by atoms with Gasteiger partial charge in [0, 0.05) is 6.42 Å². The average Bonchev–Trinajstić information content (AvgIpc) is 2.66. The van der Waals surface area contributed by atoms with Crippen LogP contribution in [0.25, 0.3) is 0 Å². The zero-order valence-electron chi connectivity index (χ0n) is 17.1. The molecule has 26 heavy (non-hydrogen) atoms. The van der Waals surface area contributed by atoms with Crippen molar-refractivity contribution in [2.24, 2.45) is 0 Å². The SMILES string of the molecule is O=C(CCCCCCCCCCCCCCCCCCCCCI)NO. The van der Waals surface area contributed by atoms with E-state index in [2.05, 4.69) is 22.6 Å². The number of alkyl halides is 1. The van der Waals surface area contributed by atoms with Gasteiger partial charge in [-0.05, 0) is 17.3 Å². The maximum Gasteiger partial charge on any atom is 0.243 e. The van der Waals surface area contributed by atoms with Gasteiger partial charge in [0.1, 0.15) is 0 Å². The lowest BCUT2D eigenvalue weighted by atomic mass is 10.0. The molecular weight excluding hydrogens is 437 g/mol. The van der Waals surface area contributed by atoms with Gasteiger partial charge in [0.25, 0.3) is 0 Å². The second-order valence-electron chi connectivity index (χ2n) is 7.69. The first-order valence-corrected chi connectivity index (χ1v) is 12.8. The largest absolute Gasteiger partial charge is 0.289 e. The molecule has 2 N–H and O–H groups in total. The van der Waals surface area contributed by atoms with Crippen LogP contribution in [0, 0.1) is 0 Å². The molecule has 156 valence electrons. The number of amides is 1. The summed E-state index contributed by atoms with van der Waals surface area (Å²) in [5.74, 6) is -0.257. The van der Waals surface area contributed by atoms with Gasteiger partial charge in [-0.3, -0.25) is 10.0 Å². The Hall–Kier alpha value is 0.160. The molecule has 0 rings (SSSR count). The van der Waals surface area contributed by atoms with Crippen molar-refractivity contribution in [3.05, 3.63) is 0 Å². The van der Waals surface area contributed by atoms with E-state index < -0.39 is 0 Å². The summed E-state index contributed by atoms with van der Waals surface area (Å²) >= 11 is 2.48. The summed E-state index contributed by atoms with van der Waals surface area (Å²) in [7, 11) is 0. The van der Waals surface area contributed by atoms with Crippen molar-refractivity contribution in [1.82, 2.24) is 5.48 Å². The quantitative estimate of drug-likeness (QED) is 0.0579. The van der Waals surface area contributed by atoms with Crippen molar-refractivity contribution < 1.29 is 10.0 Å². The molecular formula is C22H44INO2. The summed E-state index contributed by atoms with van der Waals surface area (Å²) in [5.41, 5.74) is 1.69. The summed E-state index contributed by atoms with van der Waals surface area (Å²) in [4.78, 5) is 10.8. The molecule has 0 aliphatic rings. The third-order valence-corrected chi connectivity index (χ3v) is 5.92. The van der Waals surface area contributed by atoms with Gasteiger partial charge in [-0.2, -0.15) is 0 Å². The number of hydrogen-bond acceptors (Lipinski definition) is 2. The van der Waals surface area contributed by atoms with Gasteiger partial charge in [0.15, 0.2) is 0 Å². The van der Waals surface area contributed by atoms with E-state index in [0.29, 0.717) is 6.42 Å². The Morgan fingerprint density at radius 2 is 0.808 bits per heavy atom. The van der Waals surface area contributed by atoms with E-state index >= 15 is 0 Å². The molecule has 0 radical (unpaired) electrons. The molecule has 0 aromatic heterocycles. The van der Waals surface area contributed by atoms with Gasteiger partial charge < -0.3 is 0 Å². The maximum absolute atomic E-state index is 10.8. The number of unbranched alkanes of at least 4 members (excludes halogenated alkanes) is 18. The van der Waals surface area contributed by atoms with E-state index in [9.17, 15) is 4.79 Å². The molecule has 0 heterocycles. The minimum Gasteiger partial charge on any atom is -0.289 e. The number of halogens is 1. The summed E-state index contributed by atoms with van der Waals surface area (Å²) < 4.78 is 1.32. The third-order valence-electron chi connectivity index (χ3n) is 5.16. The van der Waals surface area contributed by atoms with Crippen molar-refractivity contribution in [2.45, 2.75) is 128 Å². The van der Waals surface area contributed by atoms with E-state index in [1.54, 1.807) is 5.48 Å². The third kappa shape index (κ3) is 22.2. The van der Waals surface area contributed by atoms with Crippen LogP contribution < -0.4 is 5.48 Å². The van der Waals surface area contributed by atoms with Crippen LogP contribution in [0.3, 0.4) is 0 Å². The molecule has 0 saturated heterocycles. The summed E-state index contributed by atoms with van der Waals surface area (Å²) in [6.45, 7) is 0. The van der Waals surface area contributed by atoms with Crippen LogP contribution in [0.4, 0.5) is 0 Å². The van der Waals surface area contributed by atoms with Crippen LogP contribution in [0.2, 0.25) is 0 Å². The maximum atomic E-state index is 10.8. The Balaban J connectivity index is 3.00. The highest BCUT2D eigenvalue weighted by atomic mass is 127. The monoisotopic (exact) mass is 481 g/mol. The Morgan fingerprint density at radius 1 is 0.538 bits per heavy atom. The average molecular weight is 482 g/mol. The zero-order valence-corrected chi connectivity index (χ0v) is 19.2. The van der Waals surface area contributed by atoms with Crippen molar-refractivity contribution in [1.29, 1.82) is 0 Å². The molecule has 0 fully saturated rings. The standard InChI is InChI=1S/C22H44INO2/c23-21-19-17-15-13-11-9-7-5-3-1-2-4-6-8-10-12-14-16-18-20-22(25)24-26/h26H,1-21H2,(H,24,25). The van der Waals surface area contributed by atoms with Crippen LogP contribution in [0.5, 0.6) is 0 Å². The fourth-order valence-electron chi connectivity index (χ4n) is 3.44. The first kappa shape index (κ1) is 26.2. The summed E-state index contributed by atoms with van der Waals surface area (Å²) in [6.07, 6.45) is 26.3. The van der Waals surface area contributed by atoms with Crippen molar-refractivity contribution in [2.75, 3.05) is 4.43 Å². The minimum absolute atomic E-state index is 0.257. The molecule has 0 atom stereocenters. The minimum atomic E-state index is -0.257. The van der Waals surface area contributed by atoms with Crippen molar-refractivity contribution in [3.63, 3.8) is 0 Å². The number of rotatable bonds is 21. The van der Waals surface area contributed by atoms with Gasteiger partial charge in [-0.25, -0.2) is 5.48 Å². The molecule has 3 nitrogen and oxygen atoms in total. The number of hydrogen-bond donors (Lipinski definition) is 2. The molecule has 1 amide bonds. The number of nitrogens with one attached hydrogen (secondary N) is 1.